The normalized spacial score (nSPS) is 12.5. The van der Waals surface area contributed by atoms with Crippen LogP contribution in [0, 0.1) is 12.3 Å². The van der Waals surface area contributed by atoms with Crippen LogP contribution in [-0.2, 0) is 6.54 Å². The van der Waals surface area contributed by atoms with Crippen LogP contribution in [0.4, 0.5) is 4.79 Å². The summed E-state index contributed by atoms with van der Waals surface area (Å²) < 4.78 is 0. The molecule has 0 aliphatic carbocycles. The number of carbonyl (C=O) groups is 1. The Morgan fingerprint density at radius 2 is 2.04 bits per heavy atom. The molecule has 0 radical (unpaired) electrons. The standard InChI is InChI=1S/C19H26N4O/c1-14-7-6-8-15(11-14)17(19(2,3)4)22-18(24)23(5)13-16-12-20-9-10-21-16/h6-12,17H,13H2,1-5H3,(H,22,24). The Hall–Kier alpha value is -2.43. The summed E-state index contributed by atoms with van der Waals surface area (Å²) in [6, 6.07) is 8.07. The lowest BCUT2D eigenvalue weighted by Crippen LogP contribution is -2.43. The van der Waals surface area contributed by atoms with Crippen molar-refractivity contribution in [3.63, 3.8) is 0 Å². The molecule has 2 rings (SSSR count). The first kappa shape index (κ1) is 17.9. The monoisotopic (exact) mass is 326 g/mol. The van der Waals surface area contributed by atoms with Gasteiger partial charge in [-0.05, 0) is 17.9 Å². The summed E-state index contributed by atoms with van der Waals surface area (Å²) in [6.45, 7) is 8.87. The lowest BCUT2D eigenvalue weighted by atomic mass is 9.82. The van der Waals surface area contributed by atoms with Crippen LogP contribution in [-0.4, -0.2) is 27.9 Å². The molecule has 1 unspecified atom stereocenters. The number of hydrogen-bond acceptors (Lipinski definition) is 3. The summed E-state index contributed by atoms with van der Waals surface area (Å²) in [7, 11) is 1.76. The summed E-state index contributed by atoms with van der Waals surface area (Å²) in [5.41, 5.74) is 2.96. The summed E-state index contributed by atoms with van der Waals surface area (Å²) in [5.74, 6) is 0. The van der Waals surface area contributed by atoms with Crippen LogP contribution in [0.25, 0.3) is 0 Å². The van der Waals surface area contributed by atoms with E-state index in [-0.39, 0.29) is 17.5 Å². The molecule has 0 spiro atoms. The molecule has 1 aromatic heterocycles. The van der Waals surface area contributed by atoms with Gasteiger partial charge in [0.15, 0.2) is 0 Å². The van der Waals surface area contributed by atoms with E-state index >= 15 is 0 Å². The second kappa shape index (κ2) is 7.43. The molecule has 1 heterocycles. The average molecular weight is 326 g/mol. The lowest BCUT2D eigenvalue weighted by Gasteiger charge is -2.33. The Bertz CT molecular complexity index is 679. The van der Waals surface area contributed by atoms with Crippen LogP contribution < -0.4 is 5.32 Å². The SMILES string of the molecule is Cc1cccc(C(NC(=O)N(C)Cc2cnccn2)C(C)(C)C)c1. The highest BCUT2D eigenvalue weighted by Gasteiger charge is 2.29. The minimum Gasteiger partial charge on any atom is -0.331 e. The number of aromatic nitrogens is 2. The molecular formula is C19H26N4O. The van der Waals surface area contributed by atoms with Crippen molar-refractivity contribution in [1.82, 2.24) is 20.2 Å². The quantitative estimate of drug-likeness (QED) is 0.931. The predicted octanol–water partition coefficient (Wildman–Crippen LogP) is 3.71. The van der Waals surface area contributed by atoms with Gasteiger partial charge in [0.25, 0.3) is 0 Å². The highest BCUT2D eigenvalue weighted by molar-refractivity contribution is 5.74. The number of urea groups is 1. The maximum absolute atomic E-state index is 12.6. The third-order valence-electron chi connectivity index (χ3n) is 3.87. The van der Waals surface area contributed by atoms with Crippen LogP contribution in [0.15, 0.2) is 42.9 Å². The molecule has 24 heavy (non-hydrogen) atoms. The summed E-state index contributed by atoms with van der Waals surface area (Å²) in [5, 5.41) is 3.16. The van der Waals surface area contributed by atoms with E-state index in [2.05, 4.69) is 61.2 Å². The Balaban J connectivity index is 2.13. The van der Waals surface area contributed by atoms with Crippen LogP contribution in [0.1, 0.15) is 43.6 Å². The molecule has 1 atom stereocenters. The molecule has 5 nitrogen and oxygen atoms in total. The number of nitrogens with zero attached hydrogens (tertiary/aromatic N) is 3. The largest absolute Gasteiger partial charge is 0.331 e. The first-order chi connectivity index (χ1) is 11.3. The zero-order valence-corrected chi connectivity index (χ0v) is 15.1. The molecule has 0 aliphatic rings. The van der Waals surface area contributed by atoms with Gasteiger partial charge in [0.2, 0.25) is 0 Å². The van der Waals surface area contributed by atoms with Gasteiger partial charge < -0.3 is 10.2 Å². The van der Waals surface area contributed by atoms with Crippen molar-refractivity contribution in [2.45, 2.75) is 40.3 Å². The number of hydrogen-bond donors (Lipinski definition) is 1. The van der Waals surface area contributed by atoms with Crippen molar-refractivity contribution in [3.8, 4) is 0 Å². The van der Waals surface area contributed by atoms with Gasteiger partial charge in [0.1, 0.15) is 0 Å². The fourth-order valence-corrected chi connectivity index (χ4v) is 2.61. The molecule has 1 aromatic carbocycles. The van der Waals surface area contributed by atoms with Crippen LogP contribution >= 0.6 is 0 Å². The van der Waals surface area contributed by atoms with Crippen molar-refractivity contribution in [1.29, 1.82) is 0 Å². The summed E-state index contributed by atoms with van der Waals surface area (Å²) in [4.78, 5) is 22.5. The molecule has 128 valence electrons. The number of aryl methyl sites for hydroxylation is 1. The molecule has 1 N–H and O–H groups in total. The Labute approximate surface area is 144 Å². The number of rotatable bonds is 4. The summed E-state index contributed by atoms with van der Waals surface area (Å²) >= 11 is 0. The maximum atomic E-state index is 12.6. The van der Waals surface area contributed by atoms with E-state index in [1.807, 2.05) is 6.07 Å². The van der Waals surface area contributed by atoms with E-state index < -0.39 is 0 Å². The fraction of sp³-hybridized carbons (Fsp3) is 0.421. The van der Waals surface area contributed by atoms with Gasteiger partial charge in [-0.3, -0.25) is 9.97 Å². The molecule has 0 aliphatic heterocycles. The number of carbonyl (C=O) groups excluding carboxylic acids is 1. The topological polar surface area (TPSA) is 58.1 Å². The highest BCUT2D eigenvalue weighted by atomic mass is 16.2. The Kier molecular flexibility index (Phi) is 5.54. The average Bonchev–Trinajstić information content (AvgIpc) is 2.52. The van der Waals surface area contributed by atoms with Crippen molar-refractivity contribution in [2.75, 3.05) is 7.05 Å². The second-order valence-electron chi connectivity index (χ2n) is 7.22. The van der Waals surface area contributed by atoms with Gasteiger partial charge >= 0.3 is 6.03 Å². The highest BCUT2D eigenvalue weighted by Crippen LogP contribution is 2.33. The van der Waals surface area contributed by atoms with Gasteiger partial charge in [-0.2, -0.15) is 0 Å². The van der Waals surface area contributed by atoms with E-state index in [0.29, 0.717) is 6.54 Å². The lowest BCUT2D eigenvalue weighted by molar-refractivity contribution is 0.187. The van der Waals surface area contributed by atoms with Crippen molar-refractivity contribution in [3.05, 3.63) is 59.7 Å². The van der Waals surface area contributed by atoms with E-state index in [4.69, 9.17) is 0 Å². The van der Waals surface area contributed by atoms with Crippen LogP contribution in [0.5, 0.6) is 0 Å². The van der Waals surface area contributed by atoms with E-state index in [1.54, 1.807) is 30.5 Å². The first-order valence-corrected chi connectivity index (χ1v) is 8.10. The van der Waals surface area contributed by atoms with Gasteiger partial charge in [-0.25, -0.2) is 4.79 Å². The van der Waals surface area contributed by atoms with Crippen molar-refractivity contribution in [2.24, 2.45) is 5.41 Å². The van der Waals surface area contributed by atoms with Gasteiger partial charge in [-0.1, -0.05) is 50.6 Å². The molecule has 0 saturated heterocycles. The minimum atomic E-state index is -0.123. The zero-order chi connectivity index (χ0) is 17.7. The van der Waals surface area contributed by atoms with E-state index in [1.165, 1.54) is 5.56 Å². The first-order valence-electron chi connectivity index (χ1n) is 8.10. The van der Waals surface area contributed by atoms with Crippen LogP contribution in [0.3, 0.4) is 0 Å². The van der Waals surface area contributed by atoms with Gasteiger partial charge in [-0.15, -0.1) is 0 Å². The Morgan fingerprint density at radius 3 is 2.62 bits per heavy atom. The van der Waals surface area contributed by atoms with Gasteiger partial charge in [0.05, 0.1) is 24.5 Å². The predicted molar refractivity (Wildman–Crippen MR) is 95.4 cm³/mol. The molecule has 0 fully saturated rings. The molecule has 2 aromatic rings. The fourth-order valence-electron chi connectivity index (χ4n) is 2.61. The van der Waals surface area contributed by atoms with Crippen molar-refractivity contribution >= 4 is 6.03 Å². The third kappa shape index (κ3) is 4.78. The van der Waals surface area contributed by atoms with Crippen LogP contribution in [0.2, 0.25) is 0 Å². The van der Waals surface area contributed by atoms with Crippen molar-refractivity contribution < 1.29 is 4.79 Å². The molecular weight excluding hydrogens is 300 g/mol. The third-order valence-corrected chi connectivity index (χ3v) is 3.87. The van der Waals surface area contributed by atoms with E-state index in [9.17, 15) is 4.79 Å². The Morgan fingerprint density at radius 1 is 1.29 bits per heavy atom. The molecule has 0 saturated carbocycles. The summed E-state index contributed by atoms with van der Waals surface area (Å²) in [6.07, 6.45) is 4.92. The second-order valence-corrected chi connectivity index (χ2v) is 7.22. The van der Waals surface area contributed by atoms with E-state index in [0.717, 1.165) is 11.3 Å². The molecule has 0 bridgehead atoms. The molecule has 5 heteroatoms. The molecule has 2 amide bonds. The minimum absolute atomic E-state index is 0.0748. The maximum Gasteiger partial charge on any atom is 0.317 e. The smallest absolute Gasteiger partial charge is 0.317 e. The van der Waals surface area contributed by atoms with Gasteiger partial charge in [0, 0.05) is 19.4 Å². The number of benzene rings is 1. The zero-order valence-electron chi connectivity index (χ0n) is 15.1. The number of nitrogens with one attached hydrogen (secondary N) is 1. The number of amides is 2.